The third-order valence-electron chi connectivity index (χ3n) is 4.18. The van der Waals surface area contributed by atoms with Crippen LogP contribution in [-0.4, -0.2) is 26.2 Å². The van der Waals surface area contributed by atoms with Gasteiger partial charge < -0.3 is 10.6 Å². The van der Waals surface area contributed by atoms with Crippen LogP contribution in [0.5, 0.6) is 0 Å². The summed E-state index contributed by atoms with van der Waals surface area (Å²) < 4.78 is 36.7. The molecule has 0 spiro atoms. The van der Waals surface area contributed by atoms with E-state index in [2.05, 4.69) is 10.6 Å². The molecule has 0 radical (unpaired) electrons. The number of nitrogens with one attached hydrogen (secondary N) is 2. The van der Waals surface area contributed by atoms with Gasteiger partial charge in [-0.25, -0.2) is 17.6 Å². The molecule has 0 aliphatic heterocycles. The van der Waals surface area contributed by atoms with Gasteiger partial charge in [-0.3, -0.25) is 0 Å². The molecule has 0 aliphatic rings. The minimum atomic E-state index is -3.60. The number of carbonyl (C=O) groups excluding carboxylic acids is 1. The third kappa shape index (κ3) is 5.20. The quantitative estimate of drug-likeness (QED) is 0.832. The average Bonchev–Trinajstić information content (AvgIpc) is 2.45. The molecule has 1 atom stereocenters. The van der Waals surface area contributed by atoms with E-state index >= 15 is 0 Å². The van der Waals surface area contributed by atoms with Gasteiger partial charge >= 0.3 is 6.03 Å². The molecule has 1 aromatic carbocycles. The van der Waals surface area contributed by atoms with Gasteiger partial charge in [0.15, 0.2) is 9.84 Å². The summed E-state index contributed by atoms with van der Waals surface area (Å²) in [5.74, 6) is -0.814. The highest BCUT2D eigenvalue weighted by atomic mass is 32.2. The Balaban J connectivity index is 2.85. The van der Waals surface area contributed by atoms with Gasteiger partial charge in [-0.1, -0.05) is 19.9 Å². The van der Waals surface area contributed by atoms with E-state index in [-0.39, 0.29) is 16.5 Å². The summed E-state index contributed by atoms with van der Waals surface area (Å²) in [6.45, 7) is 7.65. The lowest BCUT2D eigenvalue weighted by Gasteiger charge is -2.29. The Bertz CT molecular complexity index is 670. The number of urea groups is 1. The van der Waals surface area contributed by atoms with Gasteiger partial charge in [0.05, 0.1) is 6.04 Å². The van der Waals surface area contributed by atoms with Crippen molar-refractivity contribution in [1.29, 1.82) is 0 Å². The van der Waals surface area contributed by atoms with Crippen molar-refractivity contribution < 1.29 is 17.6 Å². The summed E-state index contributed by atoms with van der Waals surface area (Å²) in [6.07, 6.45) is 2.54. The number of sulfone groups is 1. The number of amides is 2. The Kier molecular flexibility index (Phi) is 6.16. The van der Waals surface area contributed by atoms with Crippen molar-refractivity contribution in [3.63, 3.8) is 0 Å². The van der Waals surface area contributed by atoms with Gasteiger partial charge in [-0.2, -0.15) is 0 Å². The number of carbonyl (C=O) groups is 1. The number of hydrogen-bond donors (Lipinski definition) is 2. The Morgan fingerprint density at radius 3 is 2.30 bits per heavy atom. The molecule has 0 bridgehead atoms. The molecule has 0 heterocycles. The van der Waals surface area contributed by atoms with Crippen LogP contribution >= 0.6 is 0 Å². The van der Waals surface area contributed by atoms with Gasteiger partial charge in [-0.15, -0.1) is 0 Å². The first-order chi connectivity index (χ1) is 10.5. The maximum atomic E-state index is 13.9. The van der Waals surface area contributed by atoms with E-state index in [0.717, 1.165) is 25.2 Å². The van der Waals surface area contributed by atoms with E-state index < -0.39 is 21.7 Å². The first-order valence-electron chi connectivity index (χ1n) is 7.60. The molecule has 7 heteroatoms. The van der Waals surface area contributed by atoms with Crippen LogP contribution in [0.2, 0.25) is 0 Å². The molecule has 2 N–H and O–H groups in total. The van der Waals surface area contributed by atoms with E-state index in [9.17, 15) is 17.6 Å². The molecule has 0 aromatic heterocycles. The lowest BCUT2D eigenvalue weighted by atomic mass is 9.96. The van der Waals surface area contributed by atoms with Crippen molar-refractivity contribution in [2.45, 2.75) is 57.0 Å². The summed E-state index contributed by atoms with van der Waals surface area (Å²) in [4.78, 5) is 11.7. The Hall–Kier alpha value is -1.63. The van der Waals surface area contributed by atoms with Crippen molar-refractivity contribution in [3.05, 3.63) is 29.6 Å². The van der Waals surface area contributed by atoms with E-state index in [1.165, 1.54) is 12.1 Å². The molecule has 0 saturated heterocycles. The summed E-state index contributed by atoms with van der Waals surface area (Å²) >= 11 is 0. The fourth-order valence-corrected chi connectivity index (χ4v) is 2.83. The summed E-state index contributed by atoms with van der Waals surface area (Å²) in [5, 5.41) is 5.64. The number of halogens is 1. The maximum absolute atomic E-state index is 13.9. The van der Waals surface area contributed by atoms with Crippen LogP contribution in [0.1, 0.15) is 52.1 Å². The number of hydrogen-bond acceptors (Lipinski definition) is 3. The third-order valence-corrected chi connectivity index (χ3v) is 5.31. The highest BCUT2D eigenvalue weighted by Gasteiger charge is 2.23. The molecule has 5 nitrogen and oxygen atoms in total. The molecule has 0 unspecified atom stereocenters. The van der Waals surface area contributed by atoms with Crippen LogP contribution in [0.25, 0.3) is 0 Å². The molecular formula is C16H25FN2O3S. The second-order valence-electron chi connectivity index (χ2n) is 6.05. The van der Waals surface area contributed by atoms with Crippen molar-refractivity contribution in [3.8, 4) is 0 Å². The summed E-state index contributed by atoms with van der Waals surface area (Å²) in [7, 11) is -3.60. The highest BCUT2D eigenvalue weighted by Crippen LogP contribution is 2.20. The zero-order valence-electron chi connectivity index (χ0n) is 14.2. The summed E-state index contributed by atoms with van der Waals surface area (Å²) in [5.41, 5.74) is 0.203. The van der Waals surface area contributed by atoms with Gasteiger partial charge in [0.2, 0.25) is 0 Å². The van der Waals surface area contributed by atoms with Crippen LogP contribution in [0.3, 0.4) is 0 Å². The Labute approximate surface area is 137 Å². The lowest BCUT2D eigenvalue weighted by molar-refractivity contribution is 0.221. The van der Waals surface area contributed by atoms with Gasteiger partial charge in [0, 0.05) is 11.8 Å². The SMILES string of the molecule is CCC(C)(CC)NC(=O)N[C@H](C)c1ccc(S(C)(=O)=O)c(F)c1. The van der Waals surface area contributed by atoms with Gasteiger partial charge in [0.25, 0.3) is 0 Å². The average molecular weight is 344 g/mol. The molecule has 0 saturated carbocycles. The van der Waals surface area contributed by atoms with Crippen molar-refractivity contribution in [2.24, 2.45) is 0 Å². The fraction of sp³-hybridized carbons (Fsp3) is 0.562. The second-order valence-corrected chi connectivity index (χ2v) is 8.03. The van der Waals surface area contributed by atoms with E-state index in [0.29, 0.717) is 5.56 Å². The standard InChI is InChI=1S/C16H25FN2O3S/c1-6-16(4,7-2)19-15(20)18-11(3)12-8-9-14(13(17)10-12)23(5,21)22/h8-11H,6-7H2,1-5H3,(H2,18,19,20)/t11-/m1/s1. The van der Waals surface area contributed by atoms with E-state index in [1.807, 2.05) is 20.8 Å². The largest absolute Gasteiger partial charge is 0.333 e. The second kappa shape index (κ2) is 7.29. The molecule has 0 aliphatic carbocycles. The van der Waals surface area contributed by atoms with Crippen molar-refractivity contribution in [1.82, 2.24) is 10.6 Å². The van der Waals surface area contributed by atoms with E-state index in [1.54, 1.807) is 6.92 Å². The highest BCUT2D eigenvalue weighted by molar-refractivity contribution is 7.90. The lowest BCUT2D eigenvalue weighted by Crippen LogP contribution is -2.50. The number of rotatable bonds is 6. The first-order valence-corrected chi connectivity index (χ1v) is 9.49. The smallest absolute Gasteiger partial charge is 0.315 e. The fourth-order valence-electron chi connectivity index (χ4n) is 2.10. The molecule has 23 heavy (non-hydrogen) atoms. The van der Waals surface area contributed by atoms with Crippen molar-refractivity contribution in [2.75, 3.05) is 6.26 Å². The van der Waals surface area contributed by atoms with Crippen LogP contribution in [-0.2, 0) is 9.84 Å². The Morgan fingerprint density at radius 2 is 1.87 bits per heavy atom. The first kappa shape index (κ1) is 19.4. The van der Waals surface area contributed by atoms with Crippen LogP contribution in [0.15, 0.2) is 23.1 Å². The molecular weight excluding hydrogens is 319 g/mol. The normalized spacial score (nSPS) is 13.5. The van der Waals surface area contributed by atoms with E-state index in [4.69, 9.17) is 0 Å². The minimum Gasteiger partial charge on any atom is -0.333 e. The molecule has 1 rings (SSSR count). The number of benzene rings is 1. The molecule has 2 amide bonds. The minimum absolute atomic E-state index is 0.296. The van der Waals surface area contributed by atoms with Crippen LogP contribution in [0.4, 0.5) is 9.18 Å². The molecule has 0 fully saturated rings. The monoisotopic (exact) mass is 344 g/mol. The van der Waals surface area contributed by atoms with Gasteiger partial charge in [-0.05, 0) is 44.4 Å². The Morgan fingerprint density at radius 1 is 1.30 bits per heavy atom. The zero-order chi connectivity index (χ0) is 17.8. The van der Waals surface area contributed by atoms with Crippen molar-refractivity contribution >= 4 is 15.9 Å². The maximum Gasteiger partial charge on any atom is 0.315 e. The summed E-state index contributed by atoms with van der Waals surface area (Å²) in [6, 6.07) is 3.08. The molecule has 1 aromatic rings. The predicted octanol–water partition coefficient (Wildman–Crippen LogP) is 3.17. The molecule has 130 valence electrons. The van der Waals surface area contributed by atoms with Gasteiger partial charge in [0.1, 0.15) is 10.7 Å². The predicted molar refractivity (Wildman–Crippen MR) is 88.6 cm³/mol. The van der Waals surface area contributed by atoms with Crippen LogP contribution < -0.4 is 10.6 Å². The van der Waals surface area contributed by atoms with Crippen LogP contribution in [0, 0.1) is 5.82 Å². The topological polar surface area (TPSA) is 75.3 Å². The zero-order valence-corrected chi connectivity index (χ0v) is 15.1.